The molecule has 0 unspecified atom stereocenters. The Morgan fingerprint density at radius 2 is 2.00 bits per heavy atom. The summed E-state index contributed by atoms with van der Waals surface area (Å²) >= 11 is 0. The van der Waals surface area contributed by atoms with Crippen LogP contribution >= 0.6 is 0 Å². The molecular formula is C7H11N3O4. The van der Waals surface area contributed by atoms with Crippen LogP contribution in [0.4, 0.5) is 0 Å². The van der Waals surface area contributed by atoms with Crippen molar-refractivity contribution >= 4 is 0 Å². The lowest BCUT2D eigenvalue weighted by Gasteiger charge is -2.31. The summed E-state index contributed by atoms with van der Waals surface area (Å²) < 4.78 is 0. The van der Waals surface area contributed by atoms with Crippen molar-refractivity contribution in [3.63, 3.8) is 0 Å². The first-order valence-corrected chi connectivity index (χ1v) is 4.01. The molecule has 0 spiro atoms. The monoisotopic (exact) mass is 201 g/mol. The summed E-state index contributed by atoms with van der Waals surface area (Å²) in [5.74, 6) is 0. The molecule has 0 saturated carbocycles. The predicted octanol–water partition coefficient (Wildman–Crippen LogP) is -1.32. The lowest BCUT2D eigenvalue weighted by molar-refractivity contribution is -0.0595. The van der Waals surface area contributed by atoms with E-state index in [1.807, 2.05) is 0 Å². The molecule has 0 bridgehead atoms. The van der Waals surface area contributed by atoms with Gasteiger partial charge in [0.2, 0.25) is 0 Å². The van der Waals surface area contributed by atoms with Crippen LogP contribution in [0.3, 0.4) is 0 Å². The fourth-order valence-electron chi connectivity index (χ4n) is 1.33. The number of azide groups is 1. The molecule has 4 N–H and O–H groups in total. The van der Waals surface area contributed by atoms with E-state index in [4.69, 9.17) is 10.6 Å². The highest BCUT2D eigenvalue weighted by molar-refractivity contribution is 5.21. The molecule has 0 radical (unpaired) electrons. The molecular weight excluding hydrogens is 190 g/mol. The number of hydrogen-bond acceptors (Lipinski definition) is 5. The first-order chi connectivity index (χ1) is 6.61. The van der Waals surface area contributed by atoms with E-state index in [2.05, 4.69) is 10.0 Å². The highest BCUT2D eigenvalue weighted by Crippen LogP contribution is 2.21. The van der Waals surface area contributed by atoms with Crippen molar-refractivity contribution in [3.8, 4) is 0 Å². The molecule has 1 aliphatic rings. The summed E-state index contributed by atoms with van der Waals surface area (Å²) in [6.45, 7) is -0.456. The molecule has 1 aliphatic carbocycles. The third-order valence-corrected chi connectivity index (χ3v) is 2.16. The van der Waals surface area contributed by atoms with E-state index in [-0.39, 0.29) is 5.57 Å². The summed E-state index contributed by atoms with van der Waals surface area (Å²) in [5.41, 5.74) is 8.30. The molecule has 0 amide bonds. The van der Waals surface area contributed by atoms with Crippen molar-refractivity contribution < 1.29 is 20.4 Å². The van der Waals surface area contributed by atoms with Gasteiger partial charge >= 0.3 is 0 Å². The molecule has 0 heterocycles. The van der Waals surface area contributed by atoms with Gasteiger partial charge in [0, 0.05) is 4.91 Å². The van der Waals surface area contributed by atoms with Crippen LogP contribution in [0, 0.1) is 0 Å². The molecule has 0 aromatic rings. The fourth-order valence-corrected chi connectivity index (χ4v) is 1.33. The van der Waals surface area contributed by atoms with Gasteiger partial charge in [0.05, 0.1) is 18.8 Å². The summed E-state index contributed by atoms with van der Waals surface area (Å²) in [6, 6.07) is -0.958. The van der Waals surface area contributed by atoms with Gasteiger partial charge in [0.25, 0.3) is 0 Å². The Hall–Kier alpha value is -1.11. The van der Waals surface area contributed by atoms with Gasteiger partial charge in [-0.2, -0.15) is 0 Å². The number of aliphatic hydroxyl groups excluding tert-OH is 4. The van der Waals surface area contributed by atoms with Crippen molar-refractivity contribution in [3.05, 3.63) is 22.1 Å². The van der Waals surface area contributed by atoms with E-state index in [1.54, 1.807) is 0 Å². The molecule has 0 fully saturated rings. The van der Waals surface area contributed by atoms with Gasteiger partial charge in [0.15, 0.2) is 0 Å². The maximum Gasteiger partial charge on any atom is 0.110 e. The molecule has 0 saturated heterocycles. The minimum Gasteiger partial charge on any atom is -0.392 e. The third kappa shape index (κ3) is 1.87. The molecule has 78 valence electrons. The smallest absolute Gasteiger partial charge is 0.110 e. The molecule has 14 heavy (non-hydrogen) atoms. The number of hydrogen-bond donors (Lipinski definition) is 4. The van der Waals surface area contributed by atoms with Crippen LogP contribution in [0.15, 0.2) is 16.8 Å². The Labute approximate surface area is 79.5 Å². The maximum absolute atomic E-state index is 9.35. The zero-order valence-electron chi connectivity index (χ0n) is 7.22. The lowest BCUT2D eigenvalue weighted by atomic mass is 9.89. The van der Waals surface area contributed by atoms with E-state index in [9.17, 15) is 15.3 Å². The zero-order chi connectivity index (χ0) is 10.7. The highest BCUT2D eigenvalue weighted by Gasteiger charge is 2.36. The average Bonchev–Trinajstić information content (AvgIpc) is 2.19. The average molecular weight is 201 g/mol. The van der Waals surface area contributed by atoms with Gasteiger partial charge in [-0.3, -0.25) is 0 Å². The standard InChI is InChI=1S/C7H11N3O4/c8-10-9-4-1-3(2-11)5(12)7(14)6(4)13/h1,4-7,11-14H,2H2/t4-,5+,6+,7-/m1/s1. The minimum atomic E-state index is -1.45. The first-order valence-electron chi connectivity index (χ1n) is 4.01. The van der Waals surface area contributed by atoms with Crippen molar-refractivity contribution in [2.75, 3.05) is 6.61 Å². The molecule has 7 nitrogen and oxygen atoms in total. The van der Waals surface area contributed by atoms with Crippen LogP contribution < -0.4 is 0 Å². The second-order valence-corrected chi connectivity index (χ2v) is 3.02. The van der Waals surface area contributed by atoms with Crippen LogP contribution in [0.5, 0.6) is 0 Å². The Morgan fingerprint density at radius 3 is 2.50 bits per heavy atom. The summed E-state index contributed by atoms with van der Waals surface area (Å²) in [7, 11) is 0. The quantitative estimate of drug-likeness (QED) is 0.191. The van der Waals surface area contributed by atoms with Crippen molar-refractivity contribution in [1.82, 2.24) is 0 Å². The van der Waals surface area contributed by atoms with Crippen molar-refractivity contribution in [2.24, 2.45) is 5.11 Å². The largest absolute Gasteiger partial charge is 0.392 e. The number of nitrogens with zero attached hydrogens (tertiary/aromatic N) is 3. The SMILES string of the molecule is [N-]=[N+]=N[C@@H]1C=C(CO)[C@H](O)[C@@H](O)[C@H]1O. The van der Waals surface area contributed by atoms with Gasteiger partial charge in [-0.05, 0) is 11.1 Å². The van der Waals surface area contributed by atoms with Crippen LogP contribution in [-0.4, -0.2) is 51.4 Å². The van der Waals surface area contributed by atoms with Crippen LogP contribution in [0.2, 0.25) is 0 Å². The molecule has 4 atom stereocenters. The van der Waals surface area contributed by atoms with Crippen molar-refractivity contribution in [2.45, 2.75) is 24.4 Å². The second-order valence-electron chi connectivity index (χ2n) is 3.02. The van der Waals surface area contributed by atoms with E-state index in [0.717, 1.165) is 0 Å². The van der Waals surface area contributed by atoms with E-state index < -0.39 is 31.0 Å². The molecule has 7 heteroatoms. The number of rotatable bonds is 2. The van der Waals surface area contributed by atoms with Gasteiger partial charge < -0.3 is 20.4 Å². The molecule has 0 aliphatic heterocycles. The lowest BCUT2D eigenvalue weighted by Crippen LogP contribution is -2.48. The topological polar surface area (TPSA) is 130 Å². The first kappa shape index (κ1) is 11.0. The van der Waals surface area contributed by atoms with Gasteiger partial charge in [-0.25, -0.2) is 0 Å². The predicted molar refractivity (Wildman–Crippen MR) is 46.1 cm³/mol. The van der Waals surface area contributed by atoms with Crippen molar-refractivity contribution in [1.29, 1.82) is 0 Å². The van der Waals surface area contributed by atoms with Crippen LogP contribution in [0.25, 0.3) is 10.4 Å². The third-order valence-electron chi connectivity index (χ3n) is 2.16. The summed E-state index contributed by atoms with van der Waals surface area (Å²) in [5, 5.41) is 40.0. The Balaban J connectivity index is 2.98. The second kappa shape index (κ2) is 4.41. The van der Waals surface area contributed by atoms with Crippen LogP contribution in [0.1, 0.15) is 0 Å². The zero-order valence-corrected chi connectivity index (χ0v) is 7.22. The highest BCUT2D eigenvalue weighted by atomic mass is 16.4. The maximum atomic E-state index is 9.35. The Morgan fingerprint density at radius 1 is 1.36 bits per heavy atom. The molecule has 1 rings (SSSR count). The summed E-state index contributed by atoms with van der Waals surface area (Å²) in [6.07, 6.45) is -2.86. The van der Waals surface area contributed by atoms with Gasteiger partial charge in [0.1, 0.15) is 12.2 Å². The van der Waals surface area contributed by atoms with Gasteiger partial charge in [-0.1, -0.05) is 11.2 Å². The summed E-state index contributed by atoms with van der Waals surface area (Å²) in [4.78, 5) is 2.48. The van der Waals surface area contributed by atoms with Gasteiger partial charge in [-0.15, -0.1) is 0 Å². The Bertz CT molecular complexity index is 287. The van der Waals surface area contributed by atoms with E-state index in [0.29, 0.717) is 0 Å². The molecule has 0 aromatic carbocycles. The minimum absolute atomic E-state index is 0.139. The number of aliphatic hydroxyl groups is 4. The fraction of sp³-hybridized carbons (Fsp3) is 0.714. The normalized spacial score (nSPS) is 37.3. The molecule has 0 aromatic heterocycles. The van der Waals surface area contributed by atoms with E-state index >= 15 is 0 Å². The van der Waals surface area contributed by atoms with Crippen LogP contribution in [-0.2, 0) is 0 Å². The Kier molecular flexibility index (Phi) is 3.45. The van der Waals surface area contributed by atoms with E-state index in [1.165, 1.54) is 6.08 Å².